The molecular formula is C8H14N4O2. The molecule has 78 valence electrons. The Kier molecular flexibility index (Phi) is 2.48. The number of nitrogens with zero attached hydrogens (tertiary/aromatic N) is 1. The van der Waals surface area contributed by atoms with Crippen LogP contribution in [0.4, 0.5) is 0 Å². The molecule has 1 heterocycles. The average Bonchev–Trinajstić information content (AvgIpc) is 2.09. The first-order chi connectivity index (χ1) is 6.38. The lowest BCUT2D eigenvalue weighted by molar-refractivity contribution is -0.420. The molecule has 0 aromatic heterocycles. The Morgan fingerprint density at radius 3 is 2.57 bits per heavy atom. The standard InChI is InChI=1S/C8H14N4O2/c1-5(2)8(10)7(9)3-6(4-11-8)12(13)14/h3-5,11H,9-10H2,1-2H3. The van der Waals surface area contributed by atoms with Crippen LogP contribution in [0.25, 0.3) is 0 Å². The minimum Gasteiger partial charge on any atom is -0.399 e. The molecule has 0 aliphatic carbocycles. The van der Waals surface area contributed by atoms with Gasteiger partial charge >= 0.3 is 0 Å². The topological polar surface area (TPSA) is 107 Å². The van der Waals surface area contributed by atoms with Crippen LogP contribution in [0.2, 0.25) is 0 Å². The number of hydrogen-bond acceptors (Lipinski definition) is 5. The molecule has 0 radical (unpaired) electrons. The molecule has 5 N–H and O–H groups in total. The molecule has 0 bridgehead atoms. The van der Waals surface area contributed by atoms with Crippen molar-refractivity contribution in [3.8, 4) is 0 Å². The van der Waals surface area contributed by atoms with Crippen molar-refractivity contribution in [2.75, 3.05) is 0 Å². The maximum absolute atomic E-state index is 10.4. The van der Waals surface area contributed by atoms with Crippen LogP contribution in [-0.2, 0) is 0 Å². The van der Waals surface area contributed by atoms with Crippen LogP contribution < -0.4 is 16.8 Å². The Balaban J connectivity index is 2.98. The highest BCUT2D eigenvalue weighted by molar-refractivity contribution is 5.29. The summed E-state index contributed by atoms with van der Waals surface area (Å²) in [5.41, 5.74) is 10.9. The second-order valence-corrected chi connectivity index (χ2v) is 3.59. The summed E-state index contributed by atoms with van der Waals surface area (Å²) in [5, 5.41) is 13.2. The maximum atomic E-state index is 10.4. The normalized spacial score (nSPS) is 26.6. The fourth-order valence-corrected chi connectivity index (χ4v) is 1.20. The Morgan fingerprint density at radius 1 is 1.64 bits per heavy atom. The lowest BCUT2D eigenvalue weighted by Crippen LogP contribution is -2.60. The van der Waals surface area contributed by atoms with Gasteiger partial charge in [0.2, 0.25) is 0 Å². The third kappa shape index (κ3) is 1.56. The van der Waals surface area contributed by atoms with E-state index in [1.807, 2.05) is 13.8 Å². The first kappa shape index (κ1) is 10.5. The summed E-state index contributed by atoms with van der Waals surface area (Å²) in [5.74, 6) is 0.0447. The van der Waals surface area contributed by atoms with Gasteiger partial charge in [0.1, 0.15) is 5.66 Å². The molecule has 1 unspecified atom stereocenters. The predicted octanol–water partition coefficient (Wildman–Crippen LogP) is -0.139. The van der Waals surface area contributed by atoms with Gasteiger partial charge < -0.3 is 16.8 Å². The molecule has 0 aromatic carbocycles. The number of nitrogens with one attached hydrogen (secondary N) is 1. The summed E-state index contributed by atoms with van der Waals surface area (Å²) in [6, 6.07) is 0. The monoisotopic (exact) mass is 198 g/mol. The van der Waals surface area contributed by atoms with Crippen LogP contribution in [0.1, 0.15) is 13.8 Å². The van der Waals surface area contributed by atoms with Gasteiger partial charge in [-0.3, -0.25) is 10.1 Å². The van der Waals surface area contributed by atoms with E-state index in [9.17, 15) is 10.1 Å². The van der Waals surface area contributed by atoms with Gasteiger partial charge in [-0.25, -0.2) is 0 Å². The predicted molar refractivity (Wildman–Crippen MR) is 52.2 cm³/mol. The Hall–Kier alpha value is -1.56. The van der Waals surface area contributed by atoms with Gasteiger partial charge in [0.15, 0.2) is 0 Å². The van der Waals surface area contributed by atoms with Crippen molar-refractivity contribution in [2.45, 2.75) is 19.5 Å². The molecule has 1 rings (SSSR count). The van der Waals surface area contributed by atoms with Gasteiger partial charge in [-0.2, -0.15) is 0 Å². The van der Waals surface area contributed by atoms with Crippen molar-refractivity contribution in [3.05, 3.63) is 33.8 Å². The summed E-state index contributed by atoms with van der Waals surface area (Å²) in [6.07, 6.45) is 2.56. The van der Waals surface area contributed by atoms with Crippen molar-refractivity contribution in [1.29, 1.82) is 0 Å². The van der Waals surface area contributed by atoms with Crippen molar-refractivity contribution in [1.82, 2.24) is 5.32 Å². The highest BCUT2D eigenvalue weighted by Gasteiger charge is 2.35. The molecule has 0 saturated heterocycles. The van der Waals surface area contributed by atoms with E-state index in [0.717, 1.165) is 0 Å². The van der Waals surface area contributed by atoms with Crippen LogP contribution in [-0.4, -0.2) is 10.6 Å². The van der Waals surface area contributed by atoms with Crippen LogP contribution in [0.5, 0.6) is 0 Å². The molecule has 6 heteroatoms. The molecule has 6 nitrogen and oxygen atoms in total. The minimum absolute atomic E-state index is 0.0447. The summed E-state index contributed by atoms with van der Waals surface area (Å²) in [4.78, 5) is 9.92. The highest BCUT2D eigenvalue weighted by Crippen LogP contribution is 2.21. The Morgan fingerprint density at radius 2 is 2.21 bits per heavy atom. The second-order valence-electron chi connectivity index (χ2n) is 3.59. The van der Waals surface area contributed by atoms with E-state index in [1.54, 1.807) is 0 Å². The van der Waals surface area contributed by atoms with E-state index >= 15 is 0 Å². The molecule has 1 atom stereocenters. The molecule has 14 heavy (non-hydrogen) atoms. The molecule has 1 aliphatic heterocycles. The minimum atomic E-state index is -0.889. The maximum Gasteiger partial charge on any atom is 0.286 e. The van der Waals surface area contributed by atoms with Gasteiger partial charge in [-0.1, -0.05) is 13.8 Å². The third-order valence-corrected chi connectivity index (χ3v) is 2.36. The lowest BCUT2D eigenvalue weighted by Gasteiger charge is -2.35. The zero-order chi connectivity index (χ0) is 10.9. The zero-order valence-corrected chi connectivity index (χ0v) is 8.15. The molecule has 0 saturated carbocycles. The van der Waals surface area contributed by atoms with E-state index in [2.05, 4.69) is 5.32 Å². The number of hydrogen-bond donors (Lipinski definition) is 3. The van der Waals surface area contributed by atoms with Gasteiger partial charge in [0, 0.05) is 6.08 Å². The smallest absolute Gasteiger partial charge is 0.286 e. The van der Waals surface area contributed by atoms with Crippen molar-refractivity contribution < 1.29 is 4.92 Å². The largest absolute Gasteiger partial charge is 0.399 e. The van der Waals surface area contributed by atoms with Crippen molar-refractivity contribution >= 4 is 0 Å². The molecular weight excluding hydrogens is 184 g/mol. The quantitative estimate of drug-likeness (QED) is 0.423. The van der Waals surface area contributed by atoms with Crippen molar-refractivity contribution in [2.24, 2.45) is 17.4 Å². The summed E-state index contributed by atoms with van der Waals surface area (Å²) in [6.45, 7) is 3.78. The Labute approximate surface area is 81.8 Å². The fourth-order valence-electron chi connectivity index (χ4n) is 1.20. The molecule has 0 amide bonds. The number of nitro groups is 1. The fraction of sp³-hybridized carbons (Fsp3) is 0.500. The second kappa shape index (κ2) is 3.30. The molecule has 0 spiro atoms. The van der Waals surface area contributed by atoms with Gasteiger partial charge in [-0.15, -0.1) is 0 Å². The van der Waals surface area contributed by atoms with Crippen LogP contribution in [0, 0.1) is 16.0 Å². The van der Waals surface area contributed by atoms with Gasteiger partial charge in [-0.05, 0) is 5.92 Å². The summed E-state index contributed by atoms with van der Waals surface area (Å²) in [7, 11) is 0. The number of dihydropyridines is 1. The number of rotatable bonds is 2. The van der Waals surface area contributed by atoms with Crippen molar-refractivity contribution in [3.63, 3.8) is 0 Å². The first-order valence-electron chi connectivity index (χ1n) is 4.26. The number of allylic oxidation sites excluding steroid dienone is 1. The Bertz CT molecular complexity index is 321. The van der Waals surface area contributed by atoms with Crippen LogP contribution >= 0.6 is 0 Å². The summed E-state index contributed by atoms with van der Waals surface area (Å²) < 4.78 is 0. The molecule has 1 aliphatic rings. The number of nitrogens with two attached hydrogens (primary N) is 2. The van der Waals surface area contributed by atoms with E-state index in [1.165, 1.54) is 12.3 Å². The van der Waals surface area contributed by atoms with E-state index in [-0.39, 0.29) is 17.3 Å². The van der Waals surface area contributed by atoms with E-state index in [4.69, 9.17) is 11.5 Å². The molecule has 0 fully saturated rings. The average molecular weight is 198 g/mol. The zero-order valence-electron chi connectivity index (χ0n) is 8.15. The molecule has 0 aromatic rings. The van der Waals surface area contributed by atoms with Gasteiger partial charge in [0.25, 0.3) is 5.70 Å². The third-order valence-electron chi connectivity index (χ3n) is 2.36. The van der Waals surface area contributed by atoms with Crippen LogP contribution in [0.3, 0.4) is 0 Å². The van der Waals surface area contributed by atoms with Gasteiger partial charge in [0.05, 0.1) is 16.8 Å². The van der Waals surface area contributed by atoms with Crippen LogP contribution in [0.15, 0.2) is 23.7 Å². The highest BCUT2D eigenvalue weighted by atomic mass is 16.6. The first-order valence-corrected chi connectivity index (χ1v) is 4.26. The van der Waals surface area contributed by atoms with E-state index in [0.29, 0.717) is 0 Å². The summed E-state index contributed by atoms with van der Waals surface area (Å²) >= 11 is 0. The lowest BCUT2D eigenvalue weighted by atomic mass is 9.91. The van der Waals surface area contributed by atoms with E-state index < -0.39 is 10.6 Å². The SMILES string of the molecule is CC(C)C1(N)NC=C([N+](=O)[O-])C=C1N.